The molecular formula is C29H25ClF3N9O4. The van der Waals surface area contributed by atoms with Crippen molar-refractivity contribution < 1.29 is 27.9 Å². The van der Waals surface area contributed by atoms with Gasteiger partial charge in [0.05, 0.1) is 28.2 Å². The average Bonchev–Trinajstić information content (AvgIpc) is 3.03. The minimum atomic E-state index is -4.62. The van der Waals surface area contributed by atoms with Crippen LogP contribution in [0.25, 0.3) is 11.2 Å². The van der Waals surface area contributed by atoms with Gasteiger partial charge in [-0.2, -0.15) is 18.4 Å². The second-order valence-corrected chi connectivity index (χ2v) is 10.7. The van der Waals surface area contributed by atoms with E-state index >= 15 is 0 Å². The molecule has 17 heteroatoms. The van der Waals surface area contributed by atoms with Crippen molar-refractivity contribution in [3.8, 4) is 11.8 Å². The number of fused-ring (bicyclic) bond motifs is 1. The summed E-state index contributed by atoms with van der Waals surface area (Å²) in [6, 6.07) is 4.38. The van der Waals surface area contributed by atoms with Crippen LogP contribution in [0.1, 0.15) is 40.1 Å². The van der Waals surface area contributed by atoms with Crippen molar-refractivity contribution in [2.75, 3.05) is 36.4 Å². The van der Waals surface area contributed by atoms with E-state index in [2.05, 4.69) is 25.3 Å². The first-order valence-corrected chi connectivity index (χ1v) is 14.3. The molecule has 13 nitrogen and oxygen atoms in total. The van der Waals surface area contributed by atoms with Crippen LogP contribution in [0.15, 0.2) is 35.5 Å². The number of halogens is 4. The van der Waals surface area contributed by atoms with Crippen LogP contribution < -0.4 is 15.6 Å². The molecule has 1 fully saturated rings. The number of alkyl halides is 3. The molecule has 2 N–H and O–H groups in total. The molecule has 0 bridgehead atoms. The maximum absolute atomic E-state index is 13.9. The maximum Gasteiger partial charge on any atom is 0.416 e. The normalized spacial score (nSPS) is 13.5. The van der Waals surface area contributed by atoms with E-state index in [-0.39, 0.29) is 83.0 Å². The number of nitrogens with one attached hydrogen (secondary N) is 1. The van der Waals surface area contributed by atoms with Crippen LogP contribution in [-0.2, 0) is 23.9 Å². The first-order valence-electron chi connectivity index (χ1n) is 13.9. The summed E-state index contributed by atoms with van der Waals surface area (Å²) in [6.07, 6.45) is -2.02. The first-order chi connectivity index (χ1) is 21.8. The van der Waals surface area contributed by atoms with Crippen molar-refractivity contribution in [2.24, 2.45) is 0 Å². The van der Waals surface area contributed by atoms with Crippen LogP contribution >= 0.6 is 11.6 Å². The Balaban J connectivity index is 1.48. The molecule has 4 aromatic rings. The van der Waals surface area contributed by atoms with Gasteiger partial charge in [-0.3, -0.25) is 14.4 Å². The molecule has 5 rings (SSSR count). The molecule has 0 unspecified atom stereocenters. The number of aryl methyl sites for hydroxylation is 1. The van der Waals surface area contributed by atoms with Crippen LogP contribution in [0, 0.1) is 18.3 Å². The van der Waals surface area contributed by atoms with Crippen molar-refractivity contribution in [3.63, 3.8) is 0 Å². The summed E-state index contributed by atoms with van der Waals surface area (Å²) in [5, 5.41) is 21.9. The van der Waals surface area contributed by atoms with Gasteiger partial charge in [-0.05, 0) is 31.5 Å². The van der Waals surface area contributed by atoms with Gasteiger partial charge in [0.25, 0.3) is 5.91 Å². The van der Waals surface area contributed by atoms with Crippen LogP contribution in [-0.4, -0.2) is 72.5 Å². The second kappa shape index (κ2) is 12.6. The summed E-state index contributed by atoms with van der Waals surface area (Å²) in [5.41, 5.74) is -1.08. The monoisotopic (exact) mass is 655 g/mol. The van der Waals surface area contributed by atoms with Gasteiger partial charge in [-0.15, -0.1) is 0 Å². The Hall–Kier alpha value is -5.30. The summed E-state index contributed by atoms with van der Waals surface area (Å²) < 4.78 is 40.7. The predicted octanol–water partition coefficient (Wildman–Crippen LogP) is 3.30. The molecule has 4 heterocycles. The van der Waals surface area contributed by atoms with Gasteiger partial charge in [0.2, 0.25) is 11.3 Å². The topological polar surface area (TPSA) is 170 Å². The Morgan fingerprint density at radius 1 is 1.15 bits per heavy atom. The Morgan fingerprint density at radius 3 is 2.50 bits per heavy atom. The van der Waals surface area contributed by atoms with Gasteiger partial charge in [0.15, 0.2) is 28.3 Å². The highest BCUT2D eigenvalue weighted by atomic mass is 35.5. The van der Waals surface area contributed by atoms with Gasteiger partial charge >= 0.3 is 6.18 Å². The molecule has 2 amide bonds. The van der Waals surface area contributed by atoms with Crippen molar-refractivity contribution in [3.05, 3.63) is 74.3 Å². The number of rotatable bonds is 6. The van der Waals surface area contributed by atoms with E-state index in [0.29, 0.717) is 11.8 Å². The van der Waals surface area contributed by atoms with Crippen molar-refractivity contribution >= 4 is 46.0 Å². The van der Waals surface area contributed by atoms with Crippen LogP contribution in [0.4, 0.5) is 24.5 Å². The van der Waals surface area contributed by atoms with Crippen LogP contribution in [0.2, 0.25) is 5.02 Å². The molecule has 238 valence electrons. The molecule has 46 heavy (non-hydrogen) atoms. The van der Waals surface area contributed by atoms with Crippen molar-refractivity contribution in [1.29, 1.82) is 5.26 Å². The Bertz CT molecular complexity index is 1970. The SMILES string of the molecule is CCc1c(N2CCN(C(=O)c3ncnc(C)c3O)CC2)c(=O)c2nc(C#N)cnc2n1CC(=O)Nc1ccc(C(F)(F)F)cc1Cl. The second-order valence-electron chi connectivity index (χ2n) is 10.3. The number of carbonyl (C=O) groups is 2. The Labute approximate surface area is 263 Å². The number of amides is 2. The molecule has 0 atom stereocenters. The number of hydrogen-bond donors (Lipinski definition) is 2. The van der Waals surface area contributed by atoms with E-state index in [4.69, 9.17) is 11.6 Å². The largest absolute Gasteiger partial charge is 0.504 e. The number of pyridine rings is 1. The number of nitrogens with zero attached hydrogens (tertiary/aromatic N) is 8. The lowest BCUT2D eigenvalue weighted by atomic mass is 10.1. The molecule has 1 saturated heterocycles. The lowest BCUT2D eigenvalue weighted by molar-refractivity contribution is -0.137. The number of hydrogen-bond acceptors (Lipinski definition) is 10. The predicted molar refractivity (Wildman–Crippen MR) is 160 cm³/mol. The van der Waals surface area contributed by atoms with Gasteiger partial charge in [-0.25, -0.2) is 19.9 Å². The third-order valence-electron chi connectivity index (χ3n) is 7.45. The number of nitriles is 1. The van der Waals surface area contributed by atoms with Crippen LogP contribution in [0.3, 0.4) is 0 Å². The van der Waals surface area contributed by atoms with Gasteiger partial charge in [0.1, 0.15) is 24.6 Å². The van der Waals surface area contributed by atoms with E-state index in [1.807, 2.05) is 6.07 Å². The summed E-state index contributed by atoms with van der Waals surface area (Å²) in [7, 11) is 0. The van der Waals surface area contributed by atoms with Crippen molar-refractivity contribution in [1.82, 2.24) is 29.4 Å². The fourth-order valence-corrected chi connectivity index (χ4v) is 5.40. The van der Waals surface area contributed by atoms with E-state index in [1.165, 1.54) is 15.8 Å². The smallest absolute Gasteiger partial charge is 0.416 e. The number of aromatic hydroxyl groups is 1. The minimum Gasteiger partial charge on any atom is -0.504 e. The van der Waals surface area contributed by atoms with E-state index in [0.717, 1.165) is 18.3 Å². The zero-order chi connectivity index (χ0) is 33.3. The Kier molecular flexibility index (Phi) is 8.79. The number of benzene rings is 1. The first kappa shape index (κ1) is 32.1. The highest BCUT2D eigenvalue weighted by molar-refractivity contribution is 6.33. The molecule has 1 aliphatic rings. The lowest BCUT2D eigenvalue weighted by Gasteiger charge is -2.37. The molecule has 1 aromatic carbocycles. The van der Waals surface area contributed by atoms with E-state index in [9.17, 15) is 37.9 Å². The molecule has 0 spiro atoms. The number of anilines is 2. The summed E-state index contributed by atoms with van der Waals surface area (Å²) >= 11 is 6.04. The van der Waals surface area contributed by atoms with Crippen LogP contribution in [0.5, 0.6) is 5.75 Å². The highest BCUT2D eigenvalue weighted by Gasteiger charge is 2.32. The quantitative estimate of drug-likeness (QED) is 0.314. The molecule has 3 aromatic heterocycles. The third-order valence-corrected chi connectivity index (χ3v) is 7.76. The fraction of sp³-hybridized carbons (Fsp3) is 0.310. The highest BCUT2D eigenvalue weighted by Crippen LogP contribution is 2.34. The van der Waals surface area contributed by atoms with Gasteiger partial charge < -0.3 is 24.8 Å². The third kappa shape index (κ3) is 6.13. The van der Waals surface area contributed by atoms with Gasteiger partial charge in [0, 0.05) is 31.9 Å². The van der Waals surface area contributed by atoms with Gasteiger partial charge in [-0.1, -0.05) is 18.5 Å². The van der Waals surface area contributed by atoms with E-state index < -0.39 is 35.5 Å². The summed E-state index contributed by atoms with van der Waals surface area (Å²) in [4.78, 5) is 59.7. The average molecular weight is 656 g/mol. The van der Waals surface area contributed by atoms with Crippen molar-refractivity contribution in [2.45, 2.75) is 33.0 Å². The lowest BCUT2D eigenvalue weighted by Crippen LogP contribution is -2.50. The zero-order valence-corrected chi connectivity index (χ0v) is 25.1. The molecule has 0 radical (unpaired) electrons. The molecule has 1 aliphatic heterocycles. The summed E-state index contributed by atoms with van der Waals surface area (Å²) in [6.45, 7) is 3.61. The fourth-order valence-electron chi connectivity index (χ4n) is 5.17. The minimum absolute atomic E-state index is 0.0293. The molecular weight excluding hydrogens is 631 g/mol. The maximum atomic E-state index is 13.9. The zero-order valence-electron chi connectivity index (χ0n) is 24.4. The summed E-state index contributed by atoms with van der Waals surface area (Å²) in [5.74, 6) is -1.49. The van der Waals surface area contributed by atoms with E-state index in [1.54, 1.807) is 18.7 Å². The standard InChI is InChI=1S/C29H25ClF3N9O4/c1-3-20-24(40-6-8-41(9-7-40)28(46)23-25(44)15(2)36-14-37-23)26(45)22-27(35-12-17(11-34)38-22)42(20)13-21(43)39-19-5-4-16(10-18(19)30)29(31,32)33/h4-5,10,12,14,44H,3,6-9,13H2,1-2H3,(H,39,43). The number of aromatic nitrogens is 5. The number of carbonyl (C=O) groups excluding carboxylic acids is 2. The molecule has 0 saturated carbocycles. The number of piperazine rings is 1. The molecule has 0 aliphatic carbocycles. The Morgan fingerprint density at radius 2 is 1.87 bits per heavy atom.